The third kappa shape index (κ3) is 10.9. The Morgan fingerprint density at radius 3 is 2.03 bits per heavy atom. The van der Waals surface area contributed by atoms with Gasteiger partial charge in [-0.15, -0.1) is 0 Å². The summed E-state index contributed by atoms with van der Waals surface area (Å²) in [6.07, 6.45) is 9.66. The van der Waals surface area contributed by atoms with Gasteiger partial charge in [0.15, 0.2) is 5.82 Å². The normalized spacial score (nSPS) is 13.0. The molecule has 59 heavy (non-hydrogen) atoms. The molecule has 16 nitrogen and oxygen atoms in total. The molecular weight excluding hydrogens is 854 g/mol. The van der Waals surface area contributed by atoms with Crippen LogP contribution in [0.15, 0.2) is 108 Å². The second kappa shape index (κ2) is 18.1. The molecule has 1 fully saturated rings. The van der Waals surface area contributed by atoms with E-state index >= 15 is 0 Å². The van der Waals surface area contributed by atoms with Gasteiger partial charge in [-0.25, -0.2) is 41.5 Å². The number of carbonyl (C=O) groups is 2. The van der Waals surface area contributed by atoms with Gasteiger partial charge in [-0.05, 0) is 66.4 Å². The second-order valence-corrected chi connectivity index (χ2v) is 17.0. The molecule has 0 atom stereocenters. The van der Waals surface area contributed by atoms with Crippen LogP contribution in [0.25, 0.3) is 16.8 Å². The van der Waals surface area contributed by atoms with Crippen LogP contribution >= 0.6 is 23.2 Å². The number of nitrogens with two attached hydrogens (primary N) is 2. The minimum absolute atomic E-state index is 0.0555. The first kappa shape index (κ1) is 43.0. The van der Waals surface area contributed by atoms with E-state index in [0.717, 1.165) is 37.7 Å². The van der Waals surface area contributed by atoms with Gasteiger partial charge in [0, 0.05) is 52.0 Å². The van der Waals surface area contributed by atoms with E-state index in [2.05, 4.69) is 30.8 Å². The van der Waals surface area contributed by atoms with Gasteiger partial charge < -0.3 is 10.6 Å². The van der Waals surface area contributed by atoms with Crippen molar-refractivity contribution in [3.8, 4) is 16.8 Å². The summed E-state index contributed by atoms with van der Waals surface area (Å²) in [6.45, 7) is -2.87. The summed E-state index contributed by atoms with van der Waals surface area (Å²) in [7, 11) is -8.29. The number of hydrogen-bond acceptors (Lipinski definition) is 10. The second-order valence-electron chi connectivity index (χ2n) is 13.2. The van der Waals surface area contributed by atoms with E-state index in [4.69, 9.17) is 33.5 Å². The van der Waals surface area contributed by atoms with E-state index in [1.165, 1.54) is 41.6 Å². The zero-order valence-electron chi connectivity index (χ0n) is 30.5. The highest BCUT2D eigenvalue weighted by Crippen LogP contribution is 2.35. The van der Waals surface area contributed by atoms with Crippen LogP contribution in [0.1, 0.15) is 48.7 Å². The van der Waals surface area contributed by atoms with E-state index in [9.17, 15) is 35.2 Å². The average molecular weight is 888 g/mol. The molecule has 0 unspecified atom stereocenters. The molecule has 308 valence electrons. The van der Waals surface area contributed by atoms with Crippen molar-refractivity contribution in [2.75, 3.05) is 10.6 Å². The Balaban J connectivity index is 0.000000199. The molecule has 0 saturated heterocycles. The first-order valence-electron chi connectivity index (χ1n) is 17.5. The molecule has 1 aliphatic carbocycles. The molecular formula is C37H34Cl2F2N10O6S2. The largest absolute Gasteiger partial charge is 0.333 e. The van der Waals surface area contributed by atoms with Crippen LogP contribution in [-0.4, -0.2) is 58.2 Å². The van der Waals surface area contributed by atoms with E-state index in [1.54, 1.807) is 42.5 Å². The van der Waals surface area contributed by atoms with Gasteiger partial charge in [-0.1, -0.05) is 53.9 Å². The highest BCUT2D eigenvalue weighted by Gasteiger charge is 2.25. The van der Waals surface area contributed by atoms with Crippen molar-refractivity contribution in [2.45, 2.75) is 54.4 Å². The average Bonchev–Trinajstić information content (AvgIpc) is 3.84. The highest BCUT2D eigenvalue weighted by molar-refractivity contribution is 7.89. The number of benzene rings is 3. The van der Waals surface area contributed by atoms with Crippen LogP contribution in [0, 0.1) is 0 Å². The Labute approximate surface area is 346 Å². The van der Waals surface area contributed by atoms with Gasteiger partial charge in [0.25, 0.3) is 0 Å². The topological polar surface area (TPSA) is 240 Å². The smallest absolute Gasteiger partial charge is 0.326 e. The molecule has 0 spiro atoms. The number of hydrogen-bond donors (Lipinski definition) is 4. The molecule has 1 aliphatic rings. The summed E-state index contributed by atoms with van der Waals surface area (Å²) in [6, 6.07) is 17.0. The molecule has 22 heteroatoms. The van der Waals surface area contributed by atoms with Gasteiger partial charge in [0.05, 0.1) is 34.6 Å². The summed E-state index contributed by atoms with van der Waals surface area (Å²) in [4.78, 5) is 32.3. The summed E-state index contributed by atoms with van der Waals surface area (Å²) >= 11 is 12.1. The number of halogens is 4. The fourth-order valence-electron chi connectivity index (χ4n) is 5.86. The van der Waals surface area contributed by atoms with Gasteiger partial charge in [0.2, 0.25) is 31.9 Å². The Kier molecular flexibility index (Phi) is 13.2. The number of rotatable bonds is 12. The van der Waals surface area contributed by atoms with Crippen molar-refractivity contribution in [2.24, 2.45) is 10.3 Å². The van der Waals surface area contributed by atoms with Crippen molar-refractivity contribution in [3.05, 3.63) is 125 Å². The number of pyridine rings is 1. The third-order valence-corrected chi connectivity index (χ3v) is 11.6. The standard InChI is InChI=1S/C20H20ClN5O3S.C17H14ClF2N5O3S/c21-16-7-2-1-4-14(16)10-19(27)24-15-8-9-17(18(11-15)30(22,28)29)26-12-23-20(25-26)13-5-3-6-13;18-14-8-22-4-3-10(14)5-16(26)24-12-1-2-13(15(6-12)29(21,27)28)11-7-23-25(9-11)17(19)20/h1-2,4,7-9,11-13H,3,5-6,10H2,(H,24,27)(H2,22,28,29);1-4,6-9,17H,5H2,(H,24,26)(H2,21,27,28). The number of amides is 2. The molecule has 0 bridgehead atoms. The SMILES string of the molecule is NS(=O)(=O)c1cc(NC(=O)Cc2ccccc2Cl)ccc1-n1cnc(C2CCC2)n1.NS(=O)(=O)c1cc(NC(=O)Cc2ccncc2Cl)ccc1-c1cnn(C(F)F)c1. The molecule has 3 heterocycles. The Morgan fingerprint density at radius 1 is 0.831 bits per heavy atom. The van der Waals surface area contributed by atoms with Gasteiger partial charge in [-0.3, -0.25) is 14.6 Å². The van der Waals surface area contributed by atoms with Crippen LogP contribution in [0.5, 0.6) is 0 Å². The molecule has 3 aromatic carbocycles. The number of carbonyl (C=O) groups excluding carboxylic acids is 2. The number of nitrogens with zero attached hydrogens (tertiary/aromatic N) is 6. The Morgan fingerprint density at radius 2 is 1.46 bits per heavy atom. The fraction of sp³-hybridized carbons (Fsp3) is 0.189. The van der Waals surface area contributed by atoms with Crippen LogP contribution in [0.3, 0.4) is 0 Å². The van der Waals surface area contributed by atoms with E-state index in [1.807, 2.05) is 0 Å². The summed E-state index contributed by atoms with van der Waals surface area (Å²) in [5.74, 6) is 0.229. The Hall–Kier alpha value is -5.64. The molecule has 3 aromatic heterocycles. The van der Waals surface area contributed by atoms with Crippen molar-refractivity contribution >= 4 is 66.4 Å². The lowest BCUT2D eigenvalue weighted by Gasteiger charge is -2.21. The number of sulfonamides is 2. The number of primary sulfonamides is 2. The van der Waals surface area contributed by atoms with Crippen molar-refractivity contribution in [3.63, 3.8) is 0 Å². The minimum atomic E-state index is -4.22. The highest BCUT2D eigenvalue weighted by atomic mass is 35.5. The van der Waals surface area contributed by atoms with Crippen molar-refractivity contribution in [1.82, 2.24) is 29.5 Å². The van der Waals surface area contributed by atoms with Crippen LogP contribution in [0.4, 0.5) is 20.2 Å². The first-order valence-corrected chi connectivity index (χ1v) is 21.3. The van der Waals surface area contributed by atoms with E-state index < -0.39 is 32.5 Å². The zero-order valence-corrected chi connectivity index (χ0v) is 33.7. The van der Waals surface area contributed by atoms with Crippen LogP contribution < -0.4 is 20.9 Å². The number of nitrogens with one attached hydrogen (secondary N) is 2. The lowest BCUT2D eigenvalue weighted by atomic mass is 9.85. The minimum Gasteiger partial charge on any atom is -0.326 e. The summed E-state index contributed by atoms with van der Waals surface area (Å²) in [5, 5.41) is 24.6. The summed E-state index contributed by atoms with van der Waals surface area (Å²) < 4.78 is 75.7. The maximum Gasteiger partial charge on any atom is 0.333 e. The molecule has 0 radical (unpaired) electrons. The summed E-state index contributed by atoms with van der Waals surface area (Å²) in [5.41, 5.74) is 2.17. The lowest BCUT2D eigenvalue weighted by Crippen LogP contribution is -2.18. The van der Waals surface area contributed by atoms with E-state index in [-0.39, 0.29) is 51.0 Å². The predicted molar refractivity (Wildman–Crippen MR) is 215 cm³/mol. The zero-order chi connectivity index (χ0) is 42.5. The number of anilines is 2. The molecule has 0 aliphatic heterocycles. The van der Waals surface area contributed by atoms with Gasteiger partial charge in [0.1, 0.15) is 11.2 Å². The van der Waals surface area contributed by atoms with Crippen LogP contribution in [-0.2, 0) is 42.5 Å². The van der Waals surface area contributed by atoms with Crippen molar-refractivity contribution in [1.29, 1.82) is 0 Å². The lowest BCUT2D eigenvalue weighted by molar-refractivity contribution is -0.116. The number of alkyl halides is 2. The molecule has 2 amide bonds. The molecule has 6 N–H and O–H groups in total. The van der Waals surface area contributed by atoms with E-state index in [0.29, 0.717) is 43.3 Å². The maximum atomic E-state index is 12.7. The van der Waals surface area contributed by atoms with Gasteiger partial charge >= 0.3 is 6.55 Å². The van der Waals surface area contributed by atoms with Crippen LogP contribution in [0.2, 0.25) is 10.0 Å². The van der Waals surface area contributed by atoms with Gasteiger partial charge in [-0.2, -0.15) is 19.0 Å². The van der Waals surface area contributed by atoms with Crippen molar-refractivity contribution < 1.29 is 35.2 Å². The third-order valence-electron chi connectivity index (χ3n) is 8.98. The first-order chi connectivity index (χ1) is 28.0. The maximum absolute atomic E-state index is 12.7. The fourth-order valence-corrected chi connectivity index (χ4v) is 7.77. The predicted octanol–water partition coefficient (Wildman–Crippen LogP) is 5.84. The monoisotopic (exact) mass is 886 g/mol. The molecule has 6 aromatic rings. The quantitative estimate of drug-likeness (QED) is 0.114. The molecule has 7 rings (SSSR count). The Bertz CT molecular complexity index is 2750. The number of aromatic nitrogens is 6. The molecule has 1 saturated carbocycles.